The first-order valence-electron chi connectivity index (χ1n) is 10.1. The van der Waals surface area contributed by atoms with Crippen LogP contribution in [-0.4, -0.2) is 18.9 Å². The molecular formula is C24H18ClF3N2O3S. The van der Waals surface area contributed by atoms with E-state index in [1.54, 1.807) is 48.5 Å². The van der Waals surface area contributed by atoms with Crippen molar-refractivity contribution in [1.29, 1.82) is 0 Å². The zero-order valence-corrected chi connectivity index (χ0v) is 19.1. The van der Waals surface area contributed by atoms with Gasteiger partial charge in [-0.15, -0.1) is 0 Å². The van der Waals surface area contributed by atoms with E-state index in [2.05, 4.69) is 5.32 Å². The smallest absolute Gasteiger partial charge is 0.337 e. The third-order valence-electron chi connectivity index (χ3n) is 5.21. The molecule has 0 spiro atoms. The topological polar surface area (TPSA) is 68.2 Å². The molecule has 5 nitrogen and oxygen atoms in total. The molecule has 1 aromatic heterocycles. The van der Waals surface area contributed by atoms with Gasteiger partial charge in [0.25, 0.3) is 0 Å². The van der Waals surface area contributed by atoms with Gasteiger partial charge in [0.15, 0.2) is 9.84 Å². The molecule has 10 heteroatoms. The van der Waals surface area contributed by atoms with Crippen LogP contribution in [0.5, 0.6) is 0 Å². The van der Waals surface area contributed by atoms with E-state index in [-0.39, 0.29) is 22.9 Å². The van der Waals surface area contributed by atoms with Crippen molar-refractivity contribution in [1.82, 2.24) is 4.57 Å². The van der Waals surface area contributed by atoms with Crippen LogP contribution >= 0.6 is 11.6 Å². The number of aromatic nitrogens is 1. The Labute approximate surface area is 198 Å². The van der Waals surface area contributed by atoms with E-state index in [0.29, 0.717) is 21.5 Å². The standard InChI is InChI=1S/C24H18ClF3N2O3S/c25-19-10-4-1-7-16(19)15-34(32,33)22-13-30(21-12-6-2-8-17(21)22)14-23(31)29-20-11-5-3-9-18(20)24(26,27)28/h1-13H,14-15H2,(H,29,31). The lowest BCUT2D eigenvalue weighted by atomic mass is 10.1. The van der Waals surface area contributed by atoms with Crippen LogP contribution in [0.3, 0.4) is 0 Å². The molecule has 3 aromatic carbocycles. The van der Waals surface area contributed by atoms with Crippen LogP contribution in [0.1, 0.15) is 11.1 Å². The third kappa shape index (κ3) is 4.95. The van der Waals surface area contributed by atoms with E-state index in [1.807, 2.05) is 0 Å². The first kappa shape index (κ1) is 23.8. The van der Waals surface area contributed by atoms with Crippen LogP contribution < -0.4 is 5.32 Å². The van der Waals surface area contributed by atoms with Crippen molar-refractivity contribution >= 4 is 43.9 Å². The van der Waals surface area contributed by atoms with Gasteiger partial charge < -0.3 is 9.88 Å². The Morgan fingerprint density at radius 1 is 0.941 bits per heavy atom. The van der Waals surface area contributed by atoms with Gasteiger partial charge in [-0.2, -0.15) is 13.2 Å². The van der Waals surface area contributed by atoms with Crippen LogP contribution in [0.4, 0.5) is 18.9 Å². The zero-order valence-electron chi connectivity index (χ0n) is 17.5. The molecule has 1 amide bonds. The van der Waals surface area contributed by atoms with Gasteiger partial charge in [-0.1, -0.05) is 60.1 Å². The van der Waals surface area contributed by atoms with Crippen LogP contribution in [-0.2, 0) is 33.1 Å². The van der Waals surface area contributed by atoms with E-state index in [0.717, 1.165) is 12.1 Å². The summed E-state index contributed by atoms with van der Waals surface area (Å²) in [6.07, 6.45) is -3.31. The maximum Gasteiger partial charge on any atom is 0.418 e. The molecule has 0 radical (unpaired) electrons. The number of anilines is 1. The lowest BCUT2D eigenvalue weighted by molar-refractivity contribution is -0.137. The molecule has 0 aliphatic carbocycles. The lowest BCUT2D eigenvalue weighted by Crippen LogP contribution is -2.20. The SMILES string of the molecule is O=C(Cn1cc(S(=O)(=O)Cc2ccccc2Cl)c2ccccc21)Nc1ccccc1C(F)(F)F. The predicted octanol–water partition coefficient (Wildman–Crippen LogP) is 5.93. The maximum atomic E-state index is 13.2. The second-order valence-corrected chi connectivity index (χ2v) is 9.95. The number of hydrogen-bond acceptors (Lipinski definition) is 3. The number of alkyl halides is 3. The van der Waals surface area contributed by atoms with Crippen molar-refractivity contribution in [2.24, 2.45) is 0 Å². The Hall–Kier alpha value is -3.30. The van der Waals surface area contributed by atoms with E-state index >= 15 is 0 Å². The quantitative estimate of drug-likeness (QED) is 0.352. The van der Waals surface area contributed by atoms with Crippen LogP contribution in [0.2, 0.25) is 5.02 Å². The zero-order chi connectivity index (χ0) is 24.5. The summed E-state index contributed by atoms with van der Waals surface area (Å²) in [5.74, 6) is -1.07. The summed E-state index contributed by atoms with van der Waals surface area (Å²) in [5.41, 5.74) is -0.450. The summed E-state index contributed by atoms with van der Waals surface area (Å²) in [5, 5.41) is 3.00. The van der Waals surface area contributed by atoms with Crippen LogP contribution in [0.25, 0.3) is 10.9 Å². The monoisotopic (exact) mass is 506 g/mol. The molecule has 4 aromatic rings. The highest BCUT2D eigenvalue weighted by Crippen LogP contribution is 2.35. The molecule has 0 aliphatic heterocycles. The first-order valence-corrected chi connectivity index (χ1v) is 12.1. The van der Waals surface area contributed by atoms with Gasteiger partial charge in [-0.05, 0) is 29.8 Å². The van der Waals surface area contributed by atoms with E-state index in [9.17, 15) is 26.4 Å². The summed E-state index contributed by atoms with van der Waals surface area (Å²) in [4.78, 5) is 12.6. The fraction of sp³-hybridized carbons (Fsp3) is 0.125. The van der Waals surface area contributed by atoms with Crippen molar-refractivity contribution in [3.05, 3.63) is 95.1 Å². The molecule has 0 aliphatic rings. The number of fused-ring (bicyclic) bond motifs is 1. The Bertz CT molecular complexity index is 1480. The highest BCUT2D eigenvalue weighted by molar-refractivity contribution is 7.90. The van der Waals surface area contributed by atoms with Crippen LogP contribution in [0, 0.1) is 0 Å². The summed E-state index contributed by atoms with van der Waals surface area (Å²) in [6.45, 7) is -0.381. The van der Waals surface area contributed by atoms with Crippen molar-refractivity contribution in [3.63, 3.8) is 0 Å². The van der Waals surface area contributed by atoms with Crippen molar-refractivity contribution in [3.8, 4) is 0 Å². The highest BCUT2D eigenvalue weighted by atomic mass is 35.5. The second-order valence-electron chi connectivity index (χ2n) is 7.58. The molecular weight excluding hydrogens is 489 g/mol. The number of nitrogens with one attached hydrogen (secondary N) is 1. The molecule has 0 saturated heterocycles. The van der Waals surface area contributed by atoms with Crippen LogP contribution in [0.15, 0.2) is 83.9 Å². The number of rotatable bonds is 6. The minimum atomic E-state index is -4.63. The Kier molecular flexibility index (Phi) is 6.42. The largest absolute Gasteiger partial charge is 0.418 e. The molecule has 0 unspecified atom stereocenters. The molecule has 0 atom stereocenters. The Morgan fingerprint density at radius 2 is 1.59 bits per heavy atom. The van der Waals surface area contributed by atoms with Gasteiger partial charge in [0, 0.05) is 22.1 Å². The summed E-state index contributed by atoms with van der Waals surface area (Å²) >= 11 is 6.13. The third-order valence-corrected chi connectivity index (χ3v) is 7.27. The van der Waals surface area contributed by atoms with E-state index < -0.39 is 27.5 Å². The number of carbonyl (C=O) groups excluding carboxylic acids is 1. The Balaban J connectivity index is 1.66. The number of para-hydroxylation sites is 2. The number of hydrogen-bond donors (Lipinski definition) is 1. The molecule has 34 heavy (non-hydrogen) atoms. The van der Waals surface area contributed by atoms with Gasteiger partial charge in [-0.3, -0.25) is 4.79 Å². The first-order chi connectivity index (χ1) is 16.1. The highest BCUT2D eigenvalue weighted by Gasteiger charge is 2.33. The Morgan fingerprint density at radius 3 is 2.32 bits per heavy atom. The van der Waals surface area contributed by atoms with Crippen molar-refractivity contribution < 1.29 is 26.4 Å². The summed E-state index contributed by atoms with van der Waals surface area (Å²) < 4.78 is 67.6. The average molecular weight is 507 g/mol. The molecule has 0 fully saturated rings. The fourth-order valence-corrected chi connectivity index (χ4v) is 5.57. The fourth-order valence-electron chi connectivity index (χ4n) is 3.67. The van der Waals surface area contributed by atoms with Gasteiger partial charge in [0.1, 0.15) is 6.54 Å². The summed E-state index contributed by atoms with van der Waals surface area (Å²) in [6, 6.07) is 17.8. The van der Waals surface area contributed by atoms with E-state index in [4.69, 9.17) is 11.6 Å². The van der Waals surface area contributed by atoms with E-state index in [1.165, 1.54) is 22.9 Å². The molecule has 1 N–H and O–H groups in total. The second kappa shape index (κ2) is 9.15. The van der Waals surface area contributed by atoms with Gasteiger partial charge in [-0.25, -0.2) is 8.42 Å². The maximum absolute atomic E-state index is 13.2. The van der Waals surface area contributed by atoms with Gasteiger partial charge >= 0.3 is 6.18 Å². The molecule has 4 rings (SSSR count). The molecule has 176 valence electrons. The number of nitrogens with zero attached hydrogens (tertiary/aromatic N) is 1. The molecule has 0 bridgehead atoms. The minimum absolute atomic E-state index is 0.00603. The van der Waals surface area contributed by atoms with Gasteiger partial charge in [0.05, 0.1) is 21.9 Å². The molecule has 0 saturated carbocycles. The normalized spacial score (nSPS) is 12.1. The number of halogens is 4. The number of carbonyl (C=O) groups is 1. The lowest BCUT2D eigenvalue weighted by Gasteiger charge is -2.14. The van der Waals surface area contributed by atoms with Crippen molar-refractivity contribution in [2.75, 3.05) is 5.32 Å². The minimum Gasteiger partial charge on any atom is -0.337 e. The van der Waals surface area contributed by atoms with Gasteiger partial charge in [0.2, 0.25) is 5.91 Å². The number of amides is 1. The van der Waals surface area contributed by atoms with Crippen molar-refractivity contribution in [2.45, 2.75) is 23.4 Å². The molecule has 1 heterocycles. The number of sulfone groups is 1. The summed E-state index contributed by atoms with van der Waals surface area (Å²) in [7, 11) is -3.85. The number of benzene rings is 3. The predicted molar refractivity (Wildman–Crippen MR) is 124 cm³/mol. The average Bonchev–Trinajstić information content (AvgIpc) is 3.14.